The number of rotatable bonds is 9. The summed E-state index contributed by atoms with van der Waals surface area (Å²) in [6, 6.07) is 10.6. The SMILES string of the molecule is COc1cc(CC2COC(c3ccc(OC(C)=O)c(OC)c3)C2COC(C)=O)ccc1OC(C)=O. The van der Waals surface area contributed by atoms with Gasteiger partial charge in [-0.25, -0.2) is 0 Å². The summed E-state index contributed by atoms with van der Waals surface area (Å²) >= 11 is 0. The normalized spacial score (nSPS) is 19.1. The summed E-state index contributed by atoms with van der Waals surface area (Å²) in [7, 11) is 3.00. The molecule has 0 spiro atoms. The van der Waals surface area contributed by atoms with Crippen LogP contribution in [0.2, 0.25) is 0 Å². The summed E-state index contributed by atoms with van der Waals surface area (Å²) in [5.74, 6) is 0.165. The third-order valence-corrected chi connectivity index (χ3v) is 5.71. The van der Waals surface area contributed by atoms with Gasteiger partial charge in [0.05, 0.1) is 33.5 Å². The van der Waals surface area contributed by atoms with E-state index < -0.39 is 11.9 Å². The molecule has 0 bridgehead atoms. The average Bonchev–Trinajstić information content (AvgIpc) is 3.20. The zero-order valence-corrected chi connectivity index (χ0v) is 20.5. The van der Waals surface area contributed by atoms with Crippen LogP contribution < -0.4 is 18.9 Å². The van der Waals surface area contributed by atoms with E-state index in [0.717, 1.165) is 11.1 Å². The van der Waals surface area contributed by atoms with Gasteiger partial charge in [0.15, 0.2) is 23.0 Å². The van der Waals surface area contributed by atoms with Crippen LogP contribution >= 0.6 is 0 Å². The van der Waals surface area contributed by atoms with Gasteiger partial charge < -0.3 is 28.4 Å². The summed E-state index contributed by atoms with van der Waals surface area (Å²) in [5.41, 5.74) is 1.78. The molecular formula is C26H30O9. The van der Waals surface area contributed by atoms with Gasteiger partial charge in [0.2, 0.25) is 0 Å². The molecule has 0 radical (unpaired) electrons. The van der Waals surface area contributed by atoms with Crippen LogP contribution in [0.5, 0.6) is 23.0 Å². The minimum Gasteiger partial charge on any atom is -0.493 e. The number of carbonyl (C=O) groups is 3. The molecule has 0 amide bonds. The van der Waals surface area contributed by atoms with Crippen LogP contribution in [-0.4, -0.2) is 45.3 Å². The van der Waals surface area contributed by atoms with Crippen molar-refractivity contribution in [2.75, 3.05) is 27.4 Å². The van der Waals surface area contributed by atoms with E-state index in [1.807, 2.05) is 18.2 Å². The lowest BCUT2D eigenvalue weighted by Gasteiger charge is -2.24. The van der Waals surface area contributed by atoms with Gasteiger partial charge >= 0.3 is 17.9 Å². The van der Waals surface area contributed by atoms with Gasteiger partial charge in [0.1, 0.15) is 0 Å². The largest absolute Gasteiger partial charge is 0.493 e. The van der Waals surface area contributed by atoms with Crippen LogP contribution in [0.25, 0.3) is 0 Å². The van der Waals surface area contributed by atoms with Crippen molar-refractivity contribution >= 4 is 17.9 Å². The predicted octanol–water partition coefficient (Wildman–Crippen LogP) is 3.66. The topological polar surface area (TPSA) is 107 Å². The lowest BCUT2D eigenvalue weighted by atomic mass is 9.84. The summed E-state index contributed by atoms with van der Waals surface area (Å²) in [6.07, 6.45) is 0.267. The molecule has 9 heteroatoms. The van der Waals surface area contributed by atoms with Crippen molar-refractivity contribution < 1.29 is 42.8 Å². The van der Waals surface area contributed by atoms with E-state index >= 15 is 0 Å². The van der Waals surface area contributed by atoms with Gasteiger partial charge in [-0.05, 0) is 47.7 Å². The molecule has 0 aliphatic carbocycles. The second kappa shape index (κ2) is 11.7. The Morgan fingerprint density at radius 2 is 1.43 bits per heavy atom. The van der Waals surface area contributed by atoms with Gasteiger partial charge in [-0.3, -0.25) is 14.4 Å². The summed E-state index contributed by atoms with van der Waals surface area (Å²) in [6.45, 7) is 4.65. The monoisotopic (exact) mass is 486 g/mol. The Labute approximate surface area is 204 Å². The van der Waals surface area contributed by atoms with E-state index in [1.54, 1.807) is 18.2 Å². The van der Waals surface area contributed by atoms with Gasteiger partial charge in [0, 0.05) is 26.7 Å². The molecule has 1 aliphatic heterocycles. The van der Waals surface area contributed by atoms with Crippen molar-refractivity contribution in [3.8, 4) is 23.0 Å². The molecule has 9 nitrogen and oxygen atoms in total. The highest BCUT2D eigenvalue weighted by molar-refractivity contribution is 5.71. The molecule has 0 saturated carbocycles. The first-order chi connectivity index (χ1) is 16.7. The lowest BCUT2D eigenvalue weighted by Crippen LogP contribution is -2.24. The Morgan fingerprint density at radius 1 is 0.829 bits per heavy atom. The molecule has 3 unspecified atom stereocenters. The van der Waals surface area contributed by atoms with Crippen LogP contribution in [0.15, 0.2) is 36.4 Å². The standard InChI is InChI=1S/C26H30O9/c1-15(27)32-14-21-20(10-18-6-8-22(34-16(2)28)24(11-18)30-4)13-33-26(21)19-7-9-23(35-17(3)29)25(12-19)31-5/h6-9,11-12,20-21,26H,10,13-14H2,1-5H3. The Hall–Kier alpha value is -3.59. The first kappa shape index (κ1) is 26.0. The number of methoxy groups -OCH3 is 2. The molecule has 0 N–H and O–H groups in total. The van der Waals surface area contributed by atoms with Crippen molar-refractivity contribution in [1.82, 2.24) is 0 Å². The van der Waals surface area contributed by atoms with Crippen LogP contribution in [0.3, 0.4) is 0 Å². The molecule has 2 aromatic carbocycles. The fourth-order valence-corrected chi connectivity index (χ4v) is 4.19. The van der Waals surface area contributed by atoms with E-state index in [4.69, 9.17) is 28.4 Å². The van der Waals surface area contributed by atoms with Gasteiger partial charge in [-0.1, -0.05) is 12.1 Å². The maximum absolute atomic E-state index is 11.6. The van der Waals surface area contributed by atoms with E-state index in [1.165, 1.54) is 35.0 Å². The molecule has 3 rings (SSSR count). The number of hydrogen-bond donors (Lipinski definition) is 0. The first-order valence-electron chi connectivity index (χ1n) is 11.2. The molecule has 2 aromatic rings. The first-order valence-corrected chi connectivity index (χ1v) is 11.2. The van der Waals surface area contributed by atoms with E-state index in [0.29, 0.717) is 36.0 Å². The van der Waals surface area contributed by atoms with Crippen molar-refractivity contribution in [1.29, 1.82) is 0 Å². The maximum Gasteiger partial charge on any atom is 0.308 e. The smallest absolute Gasteiger partial charge is 0.308 e. The number of benzene rings is 2. The molecule has 0 aromatic heterocycles. The van der Waals surface area contributed by atoms with Crippen molar-refractivity contribution in [2.45, 2.75) is 33.3 Å². The molecule has 1 saturated heterocycles. The molecule has 188 valence electrons. The van der Waals surface area contributed by atoms with Crippen molar-refractivity contribution in [3.63, 3.8) is 0 Å². The van der Waals surface area contributed by atoms with Crippen molar-refractivity contribution in [2.24, 2.45) is 11.8 Å². The van der Waals surface area contributed by atoms with Crippen LogP contribution in [0.1, 0.15) is 38.0 Å². The molecule has 35 heavy (non-hydrogen) atoms. The zero-order chi connectivity index (χ0) is 25.5. The minimum absolute atomic E-state index is 0.0303. The number of hydrogen-bond acceptors (Lipinski definition) is 9. The maximum atomic E-state index is 11.6. The third-order valence-electron chi connectivity index (χ3n) is 5.71. The third kappa shape index (κ3) is 6.73. The van der Waals surface area contributed by atoms with Crippen LogP contribution in [-0.2, 0) is 30.3 Å². The average molecular weight is 487 g/mol. The molecule has 1 fully saturated rings. The number of ether oxygens (including phenoxy) is 6. The van der Waals surface area contributed by atoms with Gasteiger partial charge in [0.25, 0.3) is 0 Å². The zero-order valence-electron chi connectivity index (χ0n) is 20.5. The molecule has 1 aliphatic rings. The van der Waals surface area contributed by atoms with E-state index in [2.05, 4.69) is 0 Å². The predicted molar refractivity (Wildman–Crippen MR) is 125 cm³/mol. The summed E-state index contributed by atoms with van der Waals surface area (Å²) < 4.78 is 32.7. The number of esters is 3. The van der Waals surface area contributed by atoms with Crippen LogP contribution in [0.4, 0.5) is 0 Å². The fourth-order valence-electron chi connectivity index (χ4n) is 4.19. The highest BCUT2D eigenvalue weighted by Crippen LogP contribution is 2.43. The number of carbonyl (C=O) groups excluding carboxylic acids is 3. The van der Waals surface area contributed by atoms with Gasteiger partial charge in [-0.15, -0.1) is 0 Å². The molecular weight excluding hydrogens is 456 g/mol. The second-order valence-corrected chi connectivity index (χ2v) is 8.27. The Morgan fingerprint density at radius 3 is 2.00 bits per heavy atom. The highest BCUT2D eigenvalue weighted by Gasteiger charge is 2.39. The molecule has 3 atom stereocenters. The van der Waals surface area contributed by atoms with E-state index in [9.17, 15) is 14.4 Å². The summed E-state index contributed by atoms with van der Waals surface area (Å²) in [5, 5.41) is 0. The van der Waals surface area contributed by atoms with Crippen LogP contribution in [0, 0.1) is 11.8 Å². The van der Waals surface area contributed by atoms with E-state index in [-0.39, 0.29) is 30.5 Å². The fraction of sp³-hybridized carbons (Fsp3) is 0.423. The second-order valence-electron chi connectivity index (χ2n) is 8.27. The quantitative estimate of drug-likeness (QED) is 0.388. The Bertz CT molecular complexity index is 1080. The van der Waals surface area contributed by atoms with Crippen molar-refractivity contribution in [3.05, 3.63) is 47.5 Å². The Balaban J connectivity index is 1.85. The Kier molecular flexibility index (Phi) is 8.70. The lowest BCUT2D eigenvalue weighted by molar-refractivity contribution is -0.143. The van der Waals surface area contributed by atoms with Gasteiger partial charge in [-0.2, -0.15) is 0 Å². The minimum atomic E-state index is -0.448. The highest BCUT2D eigenvalue weighted by atomic mass is 16.6. The summed E-state index contributed by atoms with van der Waals surface area (Å²) in [4.78, 5) is 34.3. The molecule has 1 heterocycles.